The molecule has 7 heteroatoms. The van der Waals surface area contributed by atoms with E-state index in [9.17, 15) is 0 Å². The van der Waals surface area contributed by atoms with Crippen LogP contribution in [0.5, 0.6) is 0 Å². The molecular weight excluding hydrogens is 321 g/mol. The van der Waals surface area contributed by atoms with Crippen LogP contribution in [-0.2, 0) is 20.3 Å². The lowest BCUT2D eigenvalue weighted by molar-refractivity contribution is 0.00578. The molecule has 0 radical (unpaired) electrons. The fraction of sp³-hybridized carbons (Fsp3) is 0.824. The van der Waals surface area contributed by atoms with E-state index in [0.717, 1.165) is 5.69 Å². The Bertz CT molecular complexity index is 588. The van der Waals surface area contributed by atoms with Gasteiger partial charge in [0.05, 0.1) is 17.8 Å². The highest BCUT2D eigenvalue weighted by Gasteiger charge is 2.54. The Morgan fingerprint density at radius 2 is 1.58 bits per heavy atom. The molecule has 1 aromatic heterocycles. The lowest BCUT2D eigenvalue weighted by Gasteiger charge is -2.35. The molecule has 136 valence electrons. The Hall–Kier alpha value is -0.628. The van der Waals surface area contributed by atoms with Crippen molar-refractivity contribution in [2.24, 2.45) is 0 Å². The summed E-state index contributed by atoms with van der Waals surface area (Å²) in [6.07, 6.45) is 0. The predicted molar refractivity (Wildman–Crippen MR) is 98.9 cm³/mol. The lowest BCUT2D eigenvalue weighted by Crippen LogP contribution is -2.42. The summed E-state index contributed by atoms with van der Waals surface area (Å²) in [5, 5.41) is 0.149. The minimum Gasteiger partial charge on any atom is -0.449 e. The largest absolute Gasteiger partial charge is 0.534 e. The number of aromatic nitrogens is 1. The van der Waals surface area contributed by atoms with Crippen molar-refractivity contribution < 1.29 is 18.2 Å². The van der Waals surface area contributed by atoms with Crippen LogP contribution in [0.25, 0.3) is 0 Å². The molecule has 0 unspecified atom stereocenters. The van der Waals surface area contributed by atoms with Gasteiger partial charge in [0.1, 0.15) is 5.69 Å². The summed E-state index contributed by atoms with van der Waals surface area (Å²) >= 11 is 0. The van der Waals surface area contributed by atoms with Gasteiger partial charge in [-0.25, -0.2) is 4.98 Å². The predicted octanol–water partition coefficient (Wildman–Crippen LogP) is 3.80. The number of nitrogens with zero attached hydrogens (tertiary/aromatic N) is 1. The van der Waals surface area contributed by atoms with E-state index in [1.54, 1.807) is 0 Å². The number of hydrogen-bond acceptors (Lipinski definition) is 5. The average Bonchev–Trinajstić information content (AvgIpc) is 2.84. The number of aryl methyl sites for hydroxylation is 1. The highest BCUT2D eigenvalue weighted by Crippen LogP contribution is 2.38. The maximum atomic E-state index is 6.30. The molecule has 0 aliphatic carbocycles. The number of hydrogen-bond donors (Lipinski definition) is 0. The molecule has 0 bridgehead atoms. The van der Waals surface area contributed by atoms with Crippen LogP contribution in [0.3, 0.4) is 0 Å². The van der Waals surface area contributed by atoms with Crippen LogP contribution < -0.4 is 5.66 Å². The summed E-state index contributed by atoms with van der Waals surface area (Å²) in [7, 11) is -2.41. The van der Waals surface area contributed by atoms with Crippen LogP contribution in [0.4, 0.5) is 0 Å². The Morgan fingerprint density at radius 1 is 1.08 bits per heavy atom. The van der Waals surface area contributed by atoms with E-state index in [4.69, 9.17) is 18.2 Å². The van der Waals surface area contributed by atoms with Gasteiger partial charge in [0.25, 0.3) is 0 Å². The van der Waals surface area contributed by atoms with Crippen LogP contribution in [0.15, 0.2) is 4.42 Å². The molecule has 1 saturated heterocycles. The minimum atomic E-state index is -1.86. The molecule has 1 fully saturated rings. The SMILES string of the molecule is Cc1nc(CO[Si](C)(C)C(C)(C)C)c(B2OC(C)(C)C(C)(C)O2)o1. The van der Waals surface area contributed by atoms with E-state index in [1.807, 2.05) is 34.6 Å². The Labute approximate surface area is 147 Å². The first-order valence-electron chi connectivity index (χ1n) is 8.62. The highest BCUT2D eigenvalue weighted by atomic mass is 28.4. The molecule has 0 aromatic carbocycles. The topological polar surface area (TPSA) is 53.7 Å². The Kier molecular flexibility index (Phi) is 4.90. The van der Waals surface area contributed by atoms with Crippen molar-refractivity contribution in [2.75, 3.05) is 0 Å². The van der Waals surface area contributed by atoms with Crippen molar-refractivity contribution in [1.82, 2.24) is 4.98 Å². The zero-order valence-corrected chi connectivity index (χ0v) is 17.9. The second-order valence-electron chi connectivity index (χ2n) is 9.18. The van der Waals surface area contributed by atoms with Crippen LogP contribution >= 0.6 is 0 Å². The van der Waals surface area contributed by atoms with Crippen molar-refractivity contribution in [3.63, 3.8) is 0 Å². The average molecular weight is 353 g/mol. The molecule has 0 N–H and O–H groups in total. The molecular formula is C17H32BNO4Si. The molecule has 0 atom stereocenters. The van der Waals surface area contributed by atoms with Gasteiger partial charge < -0.3 is 18.2 Å². The van der Waals surface area contributed by atoms with Gasteiger partial charge in [-0.15, -0.1) is 0 Å². The molecule has 24 heavy (non-hydrogen) atoms. The van der Waals surface area contributed by atoms with Crippen LogP contribution in [0.2, 0.25) is 18.1 Å². The van der Waals surface area contributed by atoms with Crippen molar-refractivity contribution in [3.05, 3.63) is 11.6 Å². The highest BCUT2D eigenvalue weighted by molar-refractivity contribution is 6.74. The van der Waals surface area contributed by atoms with Gasteiger partial charge in [0.2, 0.25) is 0 Å². The van der Waals surface area contributed by atoms with Gasteiger partial charge in [-0.05, 0) is 45.8 Å². The quantitative estimate of drug-likeness (QED) is 0.771. The number of rotatable bonds is 4. The summed E-state index contributed by atoms with van der Waals surface area (Å²) in [4.78, 5) is 4.51. The van der Waals surface area contributed by atoms with Gasteiger partial charge in [-0.1, -0.05) is 20.8 Å². The zero-order valence-electron chi connectivity index (χ0n) is 16.9. The first-order chi connectivity index (χ1) is 10.7. The summed E-state index contributed by atoms with van der Waals surface area (Å²) in [6.45, 7) is 21.5. The maximum absolute atomic E-state index is 6.30. The first kappa shape index (κ1) is 19.7. The minimum absolute atomic E-state index is 0.149. The van der Waals surface area contributed by atoms with Crippen molar-refractivity contribution in [3.8, 4) is 0 Å². The molecule has 1 aliphatic heterocycles. The van der Waals surface area contributed by atoms with E-state index in [-0.39, 0.29) is 5.04 Å². The Morgan fingerprint density at radius 3 is 2.04 bits per heavy atom. The number of oxazole rings is 1. The smallest absolute Gasteiger partial charge is 0.449 e. The fourth-order valence-electron chi connectivity index (χ4n) is 2.19. The molecule has 0 amide bonds. The van der Waals surface area contributed by atoms with E-state index in [1.165, 1.54) is 0 Å². The van der Waals surface area contributed by atoms with Gasteiger partial charge in [-0.2, -0.15) is 0 Å². The van der Waals surface area contributed by atoms with Crippen LogP contribution in [0.1, 0.15) is 60.1 Å². The van der Waals surface area contributed by atoms with Gasteiger partial charge in [-0.3, -0.25) is 0 Å². The molecule has 5 nitrogen and oxygen atoms in total. The third-order valence-electron chi connectivity index (χ3n) is 5.68. The molecule has 0 saturated carbocycles. The van der Waals surface area contributed by atoms with Crippen molar-refractivity contribution in [2.45, 2.75) is 91.3 Å². The maximum Gasteiger partial charge on any atom is 0.534 e. The second-order valence-corrected chi connectivity index (χ2v) is 14.0. The van der Waals surface area contributed by atoms with Crippen LogP contribution in [-0.4, -0.2) is 31.6 Å². The van der Waals surface area contributed by atoms with E-state index < -0.39 is 26.6 Å². The molecule has 2 heterocycles. The third-order valence-corrected chi connectivity index (χ3v) is 10.2. The van der Waals surface area contributed by atoms with E-state index >= 15 is 0 Å². The summed E-state index contributed by atoms with van der Waals surface area (Å²) in [6, 6.07) is 0. The second kappa shape index (κ2) is 5.97. The van der Waals surface area contributed by atoms with E-state index in [0.29, 0.717) is 18.2 Å². The van der Waals surface area contributed by atoms with Crippen molar-refractivity contribution >= 4 is 21.1 Å². The fourth-order valence-corrected chi connectivity index (χ4v) is 3.12. The van der Waals surface area contributed by atoms with Crippen LogP contribution in [0, 0.1) is 6.92 Å². The molecule has 1 aromatic rings. The Balaban J connectivity index is 2.21. The standard InChI is InChI=1S/C17H32BNO4Si/c1-12-19-13(11-20-24(9,10)15(2,3)4)14(21-12)18-22-16(5,6)17(7,8)23-18/h11H2,1-10H3. The molecule has 2 rings (SSSR count). The van der Waals surface area contributed by atoms with Gasteiger partial charge in [0, 0.05) is 6.92 Å². The third kappa shape index (κ3) is 3.64. The van der Waals surface area contributed by atoms with Gasteiger partial charge >= 0.3 is 7.12 Å². The lowest BCUT2D eigenvalue weighted by atomic mass is 9.84. The van der Waals surface area contributed by atoms with E-state index in [2.05, 4.69) is 38.8 Å². The zero-order chi connectivity index (χ0) is 18.6. The first-order valence-corrected chi connectivity index (χ1v) is 11.5. The summed E-state index contributed by atoms with van der Waals surface area (Å²) < 4.78 is 24.3. The molecule has 1 aliphatic rings. The normalized spacial score (nSPS) is 20.7. The summed E-state index contributed by atoms with van der Waals surface area (Å²) in [5.41, 5.74) is 0.590. The monoisotopic (exact) mass is 353 g/mol. The van der Waals surface area contributed by atoms with Gasteiger partial charge in [0.15, 0.2) is 19.9 Å². The molecule has 0 spiro atoms. The summed E-state index contributed by atoms with van der Waals surface area (Å²) in [5.74, 6) is 0.605. The van der Waals surface area contributed by atoms with Crippen molar-refractivity contribution in [1.29, 1.82) is 0 Å².